The number of hydrogen-bond donors (Lipinski definition) is 2. The number of rotatable bonds is 4. The first-order valence-electron chi connectivity index (χ1n) is 7.88. The van der Waals surface area contributed by atoms with E-state index in [-0.39, 0.29) is 0 Å². The standard InChI is InChI=1S/C16H18N6S/c17-13-6-5-10-15(19-9-20-16(10)22-13)18-8-7-14-21-11-3-1-2-4-12(11)23-14/h5-6,9H,1-4,7-8H2,(H3,17,18,19,20,22). The summed E-state index contributed by atoms with van der Waals surface area (Å²) in [5.74, 6) is 1.26. The summed E-state index contributed by atoms with van der Waals surface area (Å²) in [6.07, 6.45) is 7.34. The van der Waals surface area contributed by atoms with Crippen LogP contribution < -0.4 is 11.1 Å². The van der Waals surface area contributed by atoms with Crippen LogP contribution in [-0.2, 0) is 19.3 Å². The summed E-state index contributed by atoms with van der Waals surface area (Å²) in [5.41, 5.74) is 7.64. The summed E-state index contributed by atoms with van der Waals surface area (Å²) in [6.45, 7) is 0.795. The number of pyridine rings is 1. The molecule has 0 atom stereocenters. The van der Waals surface area contributed by atoms with Crippen LogP contribution in [0.2, 0.25) is 0 Å². The Morgan fingerprint density at radius 2 is 2.04 bits per heavy atom. The maximum absolute atomic E-state index is 5.70. The van der Waals surface area contributed by atoms with Gasteiger partial charge in [0.15, 0.2) is 5.65 Å². The lowest BCUT2D eigenvalue weighted by atomic mass is 10.0. The Morgan fingerprint density at radius 1 is 1.13 bits per heavy atom. The van der Waals surface area contributed by atoms with Crippen LogP contribution in [0, 0.1) is 0 Å². The average molecular weight is 326 g/mol. The number of thiazole rings is 1. The number of nitrogens with zero attached hydrogens (tertiary/aromatic N) is 4. The van der Waals surface area contributed by atoms with Crippen molar-refractivity contribution < 1.29 is 0 Å². The molecule has 0 aliphatic heterocycles. The molecule has 0 radical (unpaired) electrons. The third kappa shape index (κ3) is 2.96. The molecular formula is C16H18N6S. The number of aromatic nitrogens is 4. The van der Waals surface area contributed by atoms with Crippen molar-refractivity contribution in [3.8, 4) is 0 Å². The molecule has 3 aromatic rings. The Hall–Kier alpha value is -2.28. The minimum atomic E-state index is 0.468. The van der Waals surface area contributed by atoms with E-state index in [9.17, 15) is 0 Å². The monoisotopic (exact) mass is 326 g/mol. The van der Waals surface area contributed by atoms with Crippen LogP contribution in [-0.4, -0.2) is 26.5 Å². The highest BCUT2D eigenvalue weighted by Crippen LogP contribution is 2.27. The van der Waals surface area contributed by atoms with Crippen molar-refractivity contribution in [2.45, 2.75) is 32.1 Å². The van der Waals surface area contributed by atoms with Gasteiger partial charge in [0.1, 0.15) is 18.0 Å². The van der Waals surface area contributed by atoms with E-state index >= 15 is 0 Å². The van der Waals surface area contributed by atoms with Crippen molar-refractivity contribution in [3.05, 3.63) is 34.0 Å². The van der Waals surface area contributed by atoms with Gasteiger partial charge in [-0.3, -0.25) is 0 Å². The lowest BCUT2D eigenvalue weighted by Crippen LogP contribution is -2.07. The zero-order chi connectivity index (χ0) is 15.6. The molecule has 0 spiro atoms. The van der Waals surface area contributed by atoms with E-state index in [1.807, 2.05) is 17.4 Å². The van der Waals surface area contributed by atoms with E-state index in [2.05, 4.69) is 20.3 Å². The molecule has 0 aromatic carbocycles. The molecule has 3 N–H and O–H groups in total. The van der Waals surface area contributed by atoms with E-state index in [4.69, 9.17) is 10.7 Å². The number of anilines is 2. The predicted molar refractivity (Wildman–Crippen MR) is 92.7 cm³/mol. The van der Waals surface area contributed by atoms with Gasteiger partial charge in [0.25, 0.3) is 0 Å². The summed E-state index contributed by atoms with van der Waals surface area (Å²) >= 11 is 1.86. The molecule has 0 unspecified atom stereocenters. The van der Waals surface area contributed by atoms with Crippen LogP contribution in [0.25, 0.3) is 11.0 Å². The molecule has 23 heavy (non-hydrogen) atoms. The molecule has 0 saturated heterocycles. The molecule has 6 nitrogen and oxygen atoms in total. The first-order valence-corrected chi connectivity index (χ1v) is 8.70. The van der Waals surface area contributed by atoms with Gasteiger partial charge in [0, 0.05) is 17.8 Å². The molecule has 0 bridgehead atoms. The Bertz CT molecular complexity index is 820. The molecular weight excluding hydrogens is 308 g/mol. The number of nitrogen functional groups attached to an aromatic ring is 1. The third-order valence-corrected chi connectivity index (χ3v) is 5.26. The predicted octanol–water partition coefficient (Wildman–Crippen LogP) is 2.60. The first-order chi connectivity index (χ1) is 11.3. The van der Waals surface area contributed by atoms with Gasteiger partial charge in [-0.05, 0) is 37.8 Å². The van der Waals surface area contributed by atoms with Crippen LogP contribution in [0.4, 0.5) is 11.6 Å². The quantitative estimate of drug-likeness (QED) is 0.766. The lowest BCUT2D eigenvalue weighted by Gasteiger charge is -2.07. The SMILES string of the molecule is Nc1ccc2c(NCCc3nc4c(s3)CCCC4)ncnc2n1. The van der Waals surface area contributed by atoms with Crippen molar-refractivity contribution in [3.63, 3.8) is 0 Å². The van der Waals surface area contributed by atoms with Gasteiger partial charge in [-0.25, -0.2) is 19.9 Å². The number of aryl methyl sites for hydroxylation is 2. The number of nitrogens with one attached hydrogen (secondary N) is 1. The van der Waals surface area contributed by atoms with Gasteiger partial charge in [-0.2, -0.15) is 0 Å². The largest absolute Gasteiger partial charge is 0.384 e. The topological polar surface area (TPSA) is 89.6 Å². The van der Waals surface area contributed by atoms with E-state index in [1.165, 1.54) is 41.2 Å². The Kier molecular flexibility index (Phi) is 3.78. The van der Waals surface area contributed by atoms with E-state index in [0.717, 1.165) is 30.6 Å². The van der Waals surface area contributed by atoms with Gasteiger partial charge >= 0.3 is 0 Å². The van der Waals surface area contributed by atoms with Crippen molar-refractivity contribution in [2.75, 3.05) is 17.6 Å². The lowest BCUT2D eigenvalue weighted by molar-refractivity contribution is 0.680. The van der Waals surface area contributed by atoms with Crippen molar-refractivity contribution in [2.24, 2.45) is 0 Å². The Balaban J connectivity index is 1.46. The second kappa shape index (κ2) is 6.08. The Labute approximate surface area is 138 Å². The molecule has 3 heterocycles. The van der Waals surface area contributed by atoms with Crippen LogP contribution in [0.3, 0.4) is 0 Å². The second-order valence-electron chi connectivity index (χ2n) is 5.69. The van der Waals surface area contributed by atoms with E-state index in [0.29, 0.717) is 11.5 Å². The smallest absolute Gasteiger partial charge is 0.166 e. The average Bonchev–Trinajstić information content (AvgIpc) is 2.97. The molecule has 4 rings (SSSR count). The van der Waals surface area contributed by atoms with Crippen LogP contribution in [0.15, 0.2) is 18.5 Å². The zero-order valence-electron chi connectivity index (χ0n) is 12.7. The fourth-order valence-electron chi connectivity index (χ4n) is 2.90. The minimum absolute atomic E-state index is 0.468. The summed E-state index contributed by atoms with van der Waals surface area (Å²) < 4.78 is 0. The van der Waals surface area contributed by atoms with Crippen LogP contribution in [0.5, 0.6) is 0 Å². The summed E-state index contributed by atoms with van der Waals surface area (Å²) in [5, 5.41) is 5.47. The van der Waals surface area contributed by atoms with Gasteiger partial charge in [-0.1, -0.05) is 0 Å². The molecule has 0 fully saturated rings. The molecule has 0 saturated carbocycles. The van der Waals surface area contributed by atoms with Crippen molar-refractivity contribution in [1.82, 2.24) is 19.9 Å². The van der Waals surface area contributed by atoms with Gasteiger partial charge in [0.2, 0.25) is 0 Å². The molecule has 1 aliphatic carbocycles. The second-order valence-corrected chi connectivity index (χ2v) is 6.86. The van der Waals surface area contributed by atoms with Crippen molar-refractivity contribution in [1.29, 1.82) is 0 Å². The van der Waals surface area contributed by atoms with E-state index < -0.39 is 0 Å². The van der Waals surface area contributed by atoms with E-state index in [1.54, 1.807) is 6.07 Å². The number of fused-ring (bicyclic) bond motifs is 2. The highest BCUT2D eigenvalue weighted by Gasteiger charge is 2.14. The molecule has 3 aromatic heterocycles. The van der Waals surface area contributed by atoms with Crippen LogP contribution in [0.1, 0.15) is 28.4 Å². The fourth-order valence-corrected chi connectivity index (χ4v) is 4.05. The van der Waals surface area contributed by atoms with Crippen molar-refractivity contribution >= 4 is 34.0 Å². The molecule has 1 aliphatic rings. The fraction of sp³-hybridized carbons (Fsp3) is 0.375. The highest BCUT2D eigenvalue weighted by atomic mass is 32.1. The van der Waals surface area contributed by atoms with Crippen LogP contribution >= 0.6 is 11.3 Å². The molecule has 7 heteroatoms. The molecule has 118 valence electrons. The maximum atomic E-state index is 5.70. The normalized spacial score (nSPS) is 13.9. The molecule has 0 amide bonds. The van der Waals surface area contributed by atoms with Gasteiger partial charge < -0.3 is 11.1 Å². The summed E-state index contributed by atoms with van der Waals surface area (Å²) in [4.78, 5) is 19.0. The Morgan fingerprint density at radius 3 is 2.96 bits per heavy atom. The van der Waals surface area contributed by atoms with Gasteiger partial charge in [-0.15, -0.1) is 11.3 Å². The number of hydrogen-bond acceptors (Lipinski definition) is 7. The number of nitrogens with two attached hydrogens (primary N) is 1. The first kappa shape index (κ1) is 14.3. The zero-order valence-corrected chi connectivity index (χ0v) is 13.6. The third-order valence-electron chi connectivity index (χ3n) is 4.04. The maximum Gasteiger partial charge on any atom is 0.166 e. The summed E-state index contributed by atoms with van der Waals surface area (Å²) in [6, 6.07) is 3.67. The minimum Gasteiger partial charge on any atom is -0.384 e. The highest BCUT2D eigenvalue weighted by molar-refractivity contribution is 7.11. The summed E-state index contributed by atoms with van der Waals surface area (Å²) in [7, 11) is 0. The van der Waals surface area contributed by atoms with Gasteiger partial charge in [0.05, 0.1) is 16.1 Å².